The van der Waals surface area contributed by atoms with Gasteiger partial charge in [0.1, 0.15) is 0 Å². The van der Waals surface area contributed by atoms with Crippen LogP contribution in [0.3, 0.4) is 0 Å². The second-order valence-electron chi connectivity index (χ2n) is 35.3. The molecule has 9 nitrogen and oxygen atoms in total. The molecule has 0 amide bonds. The normalized spacial score (nSPS) is 11.6. The first-order valence-electron chi connectivity index (χ1n) is 46.6. The van der Waals surface area contributed by atoms with Crippen molar-refractivity contribution in [3.63, 3.8) is 0 Å². The number of fused-ring (bicyclic) bond motifs is 12. The molecule has 0 radical (unpaired) electrons. The number of hydrogen-bond donors (Lipinski definition) is 0. The molecule has 6 aromatic heterocycles. The van der Waals surface area contributed by atoms with E-state index in [9.17, 15) is 0 Å². The van der Waals surface area contributed by atoms with E-state index >= 15 is 0 Å². The summed E-state index contributed by atoms with van der Waals surface area (Å²) in [5, 5.41) is 9.48. The molecule has 0 bridgehead atoms. The number of hydrogen-bond acceptors (Lipinski definition) is 5. The van der Waals surface area contributed by atoms with Crippen molar-refractivity contribution in [3.8, 4) is 146 Å². The summed E-state index contributed by atoms with van der Waals surface area (Å²) in [6.07, 6.45) is 0. The van der Waals surface area contributed by atoms with E-state index in [0.717, 1.165) is 207 Å². The van der Waals surface area contributed by atoms with E-state index in [-0.39, 0.29) is 0 Å². The fourth-order valence-corrected chi connectivity index (χ4v) is 20.5. The molecule has 0 spiro atoms. The summed E-state index contributed by atoms with van der Waals surface area (Å²) in [5.74, 6) is 1.41. The largest absolute Gasteiger partial charge is 0.310 e. The zero-order chi connectivity index (χ0) is 90.4. The maximum absolute atomic E-state index is 5.10. The quantitative estimate of drug-likeness (QED) is 0.0856. The minimum atomic E-state index is 0.702. The lowest BCUT2D eigenvalue weighted by Crippen LogP contribution is -2.09. The van der Waals surface area contributed by atoms with Gasteiger partial charge in [0.15, 0.2) is 11.6 Å². The van der Waals surface area contributed by atoms with Crippen molar-refractivity contribution >= 4 is 104 Å². The van der Waals surface area contributed by atoms with Gasteiger partial charge < -0.3 is 23.2 Å². The summed E-state index contributed by atoms with van der Waals surface area (Å²) >= 11 is 0. The molecule has 0 unspecified atom stereocenters. The Kier molecular flexibility index (Phi) is 19.4. The number of aromatic nitrogens is 8. The van der Waals surface area contributed by atoms with E-state index in [1.54, 1.807) is 0 Å². The average molecular weight is 1750 g/mol. The molecule has 0 fully saturated rings. The highest BCUT2D eigenvalue weighted by molar-refractivity contribution is 6.16. The van der Waals surface area contributed by atoms with Crippen molar-refractivity contribution in [3.05, 3.63) is 504 Å². The second-order valence-corrected chi connectivity index (χ2v) is 35.3. The molecule has 0 aliphatic rings. The third-order valence-corrected chi connectivity index (χ3v) is 27.2. The maximum atomic E-state index is 5.10. The predicted octanol–water partition coefficient (Wildman–Crippen LogP) is 33.5. The average Bonchev–Trinajstić information content (AvgIpc) is 1.57. The number of para-hydroxylation sites is 5. The Morgan fingerprint density at radius 2 is 0.372 bits per heavy atom. The monoisotopic (exact) mass is 1750 g/mol. The van der Waals surface area contributed by atoms with Crippen LogP contribution < -0.4 is 4.90 Å². The topological polar surface area (TPSA) is 74.5 Å². The van der Waals surface area contributed by atoms with Crippen molar-refractivity contribution in [1.29, 1.82) is 0 Å². The zero-order valence-corrected chi connectivity index (χ0v) is 74.4. The van der Waals surface area contributed by atoms with Crippen LogP contribution in [-0.4, -0.2) is 38.2 Å². The van der Waals surface area contributed by atoms with E-state index in [4.69, 9.17) is 19.9 Å². The summed E-state index contributed by atoms with van der Waals surface area (Å²) < 4.78 is 9.80. The second kappa shape index (κ2) is 33.4. The van der Waals surface area contributed by atoms with E-state index in [0.29, 0.717) is 11.6 Å². The van der Waals surface area contributed by atoms with Gasteiger partial charge in [-0.15, -0.1) is 0 Å². The minimum Gasteiger partial charge on any atom is -0.310 e. The van der Waals surface area contributed by atoms with Crippen LogP contribution >= 0.6 is 0 Å². The van der Waals surface area contributed by atoms with Crippen molar-refractivity contribution in [2.24, 2.45) is 0 Å². The van der Waals surface area contributed by atoms with E-state index in [1.165, 1.54) is 32.3 Å². The fraction of sp³-hybridized carbons (Fsp3) is 0. The van der Waals surface area contributed by atoms with Crippen LogP contribution in [-0.2, 0) is 0 Å². The van der Waals surface area contributed by atoms with Gasteiger partial charge in [-0.2, -0.15) is 0 Å². The molecule has 0 saturated heterocycles. The van der Waals surface area contributed by atoms with Crippen LogP contribution in [0.15, 0.2) is 504 Å². The Labute approximate surface area is 791 Å². The van der Waals surface area contributed by atoms with Gasteiger partial charge in [-0.3, -0.25) is 0 Å². The first-order chi connectivity index (χ1) is 67.9. The third kappa shape index (κ3) is 14.3. The van der Waals surface area contributed by atoms with E-state index in [2.05, 4.69) is 478 Å². The summed E-state index contributed by atoms with van der Waals surface area (Å²) in [7, 11) is 0. The Balaban J connectivity index is 0.509. The zero-order valence-electron chi connectivity index (χ0n) is 74.4. The molecular formula is C128H83N9. The lowest BCUT2D eigenvalue weighted by atomic mass is 9.98. The molecule has 20 aromatic carbocycles. The van der Waals surface area contributed by atoms with Gasteiger partial charge in [-0.1, -0.05) is 352 Å². The predicted molar refractivity (Wildman–Crippen MR) is 569 cm³/mol. The van der Waals surface area contributed by atoms with Gasteiger partial charge in [-0.05, 0) is 207 Å². The third-order valence-electron chi connectivity index (χ3n) is 27.2. The van der Waals surface area contributed by atoms with Gasteiger partial charge in [0.05, 0.1) is 66.9 Å². The standard InChI is InChI=1S/C128H83N9/c1-7-25-92(26-8-1)115-82-117(131-127(129-115)96-29-11-3-12-30-96)94-55-51-88(52-56-94)84-43-47-86(48-44-84)90-59-65-102(66-60-90)134-120-41-23-21-39-109(120)112-80-106(71-75-123(112)134)137-119-40-22-19-37-107(119)110-72-63-99(78-126(110)137)98-64-73-122-111(77-98)108-38-20-24-42-121(108)136(122)105-70-76-125-114(81-105)113-79-104(133(100-33-15-5-16-34-100)101-35-17-6-18-36-101)69-74-124(113)135(125)103-67-61-91(62-68-103)87-49-45-85(46-50-87)89-53-57-95(58-54-89)118-83-116(93-27-9-2-10-28-93)130-128(132-118)97-31-13-4-14-32-97/h1-83H. The van der Waals surface area contributed by atoms with Crippen molar-refractivity contribution in [2.75, 3.05) is 4.90 Å². The van der Waals surface area contributed by atoms with Crippen molar-refractivity contribution in [2.45, 2.75) is 0 Å². The van der Waals surface area contributed by atoms with E-state index in [1.807, 2.05) is 48.5 Å². The Hall–Kier alpha value is -18.4. The molecular weight excluding hydrogens is 1660 g/mol. The molecule has 0 aliphatic carbocycles. The maximum Gasteiger partial charge on any atom is 0.160 e. The van der Waals surface area contributed by atoms with Gasteiger partial charge in [0, 0.05) is 116 Å². The SMILES string of the molecule is c1ccc(-c2cc(-c3ccc(-c4ccc(-c5ccc(-n6c7ccccc7c7cc(-n8c9ccccc9c9ccc(-c%10ccc%11c(c%10)c%10ccccc%10n%11-c%10ccc%11c(c%10)c%10cc(N(c%12ccccc%12)c%12ccccc%12)ccc%10n%11-c%10ccc(-c%11ccc(-c%12ccc(-c%13cc(-c%14ccccc%14)nc(-c%14ccccc%14)n%13)cc%12)cc%11)cc%10)cc98)ccc76)cc5)cc4)cc3)nc(-c3ccccc3)n2)cc1. The van der Waals surface area contributed by atoms with Crippen molar-refractivity contribution < 1.29 is 0 Å². The summed E-state index contributed by atoms with van der Waals surface area (Å²) in [5.41, 5.74) is 37.8. The number of benzene rings is 20. The van der Waals surface area contributed by atoms with Crippen LogP contribution in [0, 0.1) is 0 Å². The van der Waals surface area contributed by atoms with E-state index < -0.39 is 0 Å². The Bertz CT molecular complexity index is 8960. The first-order valence-corrected chi connectivity index (χ1v) is 46.6. The van der Waals surface area contributed by atoms with Gasteiger partial charge in [0.2, 0.25) is 0 Å². The highest BCUT2D eigenvalue weighted by Gasteiger charge is 2.25. The smallest absolute Gasteiger partial charge is 0.160 e. The Morgan fingerprint density at radius 3 is 0.766 bits per heavy atom. The molecule has 26 rings (SSSR count). The molecule has 0 saturated carbocycles. The van der Waals surface area contributed by atoms with Gasteiger partial charge in [0.25, 0.3) is 0 Å². The number of nitrogens with zero attached hydrogens (tertiary/aromatic N) is 9. The highest BCUT2D eigenvalue weighted by Crippen LogP contribution is 2.46. The molecule has 0 N–H and O–H groups in total. The molecule has 137 heavy (non-hydrogen) atoms. The van der Waals surface area contributed by atoms with Crippen LogP contribution in [0.25, 0.3) is 233 Å². The van der Waals surface area contributed by atoms with Crippen LogP contribution in [0.5, 0.6) is 0 Å². The van der Waals surface area contributed by atoms with Gasteiger partial charge >= 0.3 is 0 Å². The van der Waals surface area contributed by atoms with Gasteiger partial charge in [-0.25, -0.2) is 19.9 Å². The lowest BCUT2D eigenvalue weighted by Gasteiger charge is -2.25. The summed E-state index contributed by atoms with van der Waals surface area (Å²) in [6, 6.07) is 182. The summed E-state index contributed by atoms with van der Waals surface area (Å²) in [4.78, 5) is 22.6. The molecule has 0 atom stereocenters. The molecule has 640 valence electrons. The van der Waals surface area contributed by atoms with Crippen molar-refractivity contribution in [1.82, 2.24) is 38.2 Å². The molecule has 9 heteroatoms. The number of rotatable bonds is 18. The first kappa shape index (κ1) is 79.5. The summed E-state index contributed by atoms with van der Waals surface area (Å²) in [6.45, 7) is 0. The van der Waals surface area contributed by atoms with Crippen LogP contribution in [0.2, 0.25) is 0 Å². The lowest BCUT2D eigenvalue weighted by molar-refractivity contribution is 1.16. The fourth-order valence-electron chi connectivity index (χ4n) is 20.5. The molecule has 26 aromatic rings. The highest BCUT2D eigenvalue weighted by atomic mass is 15.1. The number of anilines is 3. The Morgan fingerprint density at radius 1 is 0.131 bits per heavy atom. The molecule has 0 aliphatic heterocycles. The molecule has 6 heterocycles. The minimum absolute atomic E-state index is 0.702. The van der Waals surface area contributed by atoms with Crippen LogP contribution in [0.4, 0.5) is 17.1 Å². The van der Waals surface area contributed by atoms with Crippen LogP contribution in [0.1, 0.15) is 0 Å².